The van der Waals surface area contributed by atoms with Gasteiger partial charge in [0.1, 0.15) is 0 Å². The molecule has 1 amide bonds. The van der Waals surface area contributed by atoms with Gasteiger partial charge in [0, 0.05) is 33.6 Å². The van der Waals surface area contributed by atoms with Crippen LogP contribution in [-0.4, -0.2) is 71.9 Å². The Morgan fingerprint density at radius 3 is 2.33 bits per heavy atom. The maximum absolute atomic E-state index is 11.3. The molecular weight excluding hydrogens is 196 g/mol. The second-order valence-corrected chi connectivity index (χ2v) is 4.29. The van der Waals surface area contributed by atoms with Gasteiger partial charge >= 0.3 is 0 Å². The Bertz CT molecular complexity index is 211. The van der Waals surface area contributed by atoms with E-state index in [0.717, 1.165) is 13.0 Å². The molecule has 0 saturated carbocycles. The number of rotatable bonds is 4. The summed E-state index contributed by atoms with van der Waals surface area (Å²) in [5.41, 5.74) is 0. The average Bonchev–Trinajstić information content (AvgIpc) is 2.46. The van der Waals surface area contributed by atoms with Crippen LogP contribution in [0, 0.1) is 0 Å². The second kappa shape index (κ2) is 5.44. The van der Waals surface area contributed by atoms with E-state index in [-0.39, 0.29) is 5.91 Å². The number of likely N-dealkylation sites (tertiary alicyclic amines) is 1. The first-order valence-corrected chi connectivity index (χ1v) is 5.29. The van der Waals surface area contributed by atoms with Crippen LogP contribution in [0.2, 0.25) is 0 Å². The molecule has 0 aromatic rings. The molecule has 0 aromatic heterocycles. The van der Waals surface area contributed by atoms with Crippen LogP contribution in [0.15, 0.2) is 0 Å². The molecule has 1 aliphatic heterocycles. The number of β-amino-alcohol motifs (C(OH)–C–C–N with tert-alkyl or cyclic N) is 2. The number of carbonyl (C=O) groups is 1. The molecule has 0 bridgehead atoms. The Kier molecular flexibility index (Phi) is 4.50. The molecule has 5 heteroatoms. The van der Waals surface area contributed by atoms with E-state index in [0.29, 0.717) is 19.5 Å². The zero-order valence-electron chi connectivity index (χ0n) is 9.39. The molecule has 1 rings (SSSR count). The van der Waals surface area contributed by atoms with Crippen LogP contribution in [0.1, 0.15) is 12.8 Å². The van der Waals surface area contributed by atoms with E-state index < -0.39 is 12.2 Å². The fourth-order valence-electron chi connectivity index (χ4n) is 1.71. The molecule has 2 N–H and O–H groups in total. The minimum absolute atomic E-state index is 0.121. The van der Waals surface area contributed by atoms with E-state index in [1.807, 2.05) is 4.90 Å². The normalized spacial score (nSPS) is 26.9. The summed E-state index contributed by atoms with van der Waals surface area (Å²) in [5.74, 6) is 0.121. The first-order valence-electron chi connectivity index (χ1n) is 5.29. The van der Waals surface area contributed by atoms with Gasteiger partial charge in [-0.05, 0) is 13.0 Å². The average molecular weight is 216 g/mol. The fourth-order valence-corrected chi connectivity index (χ4v) is 1.71. The van der Waals surface area contributed by atoms with Gasteiger partial charge < -0.3 is 15.1 Å². The van der Waals surface area contributed by atoms with Crippen LogP contribution < -0.4 is 0 Å². The van der Waals surface area contributed by atoms with Crippen LogP contribution in [0.3, 0.4) is 0 Å². The summed E-state index contributed by atoms with van der Waals surface area (Å²) in [6.45, 7) is 1.78. The van der Waals surface area contributed by atoms with Gasteiger partial charge in [0.25, 0.3) is 0 Å². The minimum Gasteiger partial charge on any atom is -0.389 e. The zero-order valence-corrected chi connectivity index (χ0v) is 9.39. The second-order valence-electron chi connectivity index (χ2n) is 4.29. The third-order valence-electron chi connectivity index (χ3n) is 2.70. The third-order valence-corrected chi connectivity index (χ3v) is 2.70. The van der Waals surface area contributed by atoms with E-state index in [2.05, 4.69) is 0 Å². The Balaban J connectivity index is 2.14. The Hall–Kier alpha value is -0.650. The molecule has 88 valence electrons. The number of aliphatic hydroxyl groups is 2. The number of hydrogen-bond acceptors (Lipinski definition) is 4. The molecule has 1 heterocycles. The zero-order chi connectivity index (χ0) is 11.4. The lowest BCUT2D eigenvalue weighted by Crippen LogP contribution is -2.26. The summed E-state index contributed by atoms with van der Waals surface area (Å²) < 4.78 is 0. The lowest BCUT2D eigenvalue weighted by Gasteiger charge is -2.15. The summed E-state index contributed by atoms with van der Waals surface area (Å²) in [7, 11) is 3.48. The molecule has 5 nitrogen and oxygen atoms in total. The number of aliphatic hydroxyl groups excluding tert-OH is 2. The first-order chi connectivity index (χ1) is 7.00. The van der Waals surface area contributed by atoms with Crippen molar-refractivity contribution in [1.29, 1.82) is 0 Å². The highest BCUT2D eigenvalue weighted by Gasteiger charge is 2.28. The van der Waals surface area contributed by atoms with E-state index in [9.17, 15) is 15.0 Å². The minimum atomic E-state index is -0.630. The van der Waals surface area contributed by atoms with Crippen molar-refractivity contribution < 1.29 is 15.0 Å². The highest BCUT2D eigenvalue weighted by Crippen LogP contribution is 2.10. The number of hydrogen-bond donors (Lipinski definition) is 2. The lowest BCUT2D eigenvalue weighted by atomic mass is 10.2. The van der Waals surface area contributed by atoms with Crippen molar-refractivity contribution in [2.45, 2.75) is 25.0 Å². The van der Waals surface area contributed by atoms with Crippen molar-refractivity contribution in [3.63, 3.8) is 0 Å². The van der Waals surface area contributed by atoms with Crippen molar-refractivity contribution in [3.05, 3.63) is 0 Å². The third kappa shape index (κ3) is 3.77. The molecule has 1 fully saturated rings. The van der Waals surface area contributed by atoms with E-state index >= 15 is 0 Å². The predicted molar refractivity (Wildman–Crippen MR) is 56.4 cm³/mol. The van der Waals surface area contributed by atoms with Gasteiger partial charge in [0.15, 0.2) is 0 Å². The molecule has 0 aromatic carbocycles. The highest BCUT2D eigenvalue weighted by molar-refractivity contribution is 5.75. The molecule has 1 aliphatic rings. The Labute approximate surface area is 90.3 Å². The lowest BCUT2D eigenvalue weighted by molar-refractivity contribution is -0.128. The molecule has 0 radical (unpaired) electrons. The van der Waals surface area contributed by atoms with Crippen molar-refractivity contribution >= 4 is 5.91 Å². The quantitative estimate of drug-likeness (QED) is 0.625. The highest BCUT2D eigenvalue weighted by atomic mass is 16.3. The van der Waals surface area contributed by atoms with Gasteiger partial charge in [-0.2, -0.15) is 0 Å². The van der Waals surface area contributed by atoms with E-state index in [1.165, 1.54) is 0 Å². The van der Waals surface area contributed by atoms with Crippen LogP contribution in [0.5, 0.6) is 0 Å². The summed E-state index contributed by atoms with van der Waals surface area (Å²) in [6.07, 6.45) is 0.0377. The first kappa shape index (κ1) is 12.4. The molecule has 2 atom stereocenters. The number of amides is 1. The van der Waals surface area contributed by atoms with Gasteiger partial charge in [0.05, 0.1) is 12.2 Å². The summed E-state index contributed by atoms with van der Waals surface area (Å²) in [6, 6.07) is 0. The van der Waals surface area contributed by atoms with Crippen LogP contribution in [-0.2, 0) is 4.79 Å². The van der Waals surface area contributed by atoms with E-state index in [1.54, 1.807) is 19.0 Å². The van der Waals surface area contributed by atoms with Gasteiger partial charge in [-0.25, -0.2) is 0 Å². The Morgan fingerprint density at radius 2 is 1.87 bits per heavy atom. The standard InChI is InChI=1S/C10H20N2O3/c1-11(2)10(15)4-3-5-12-6-8(13)9(14)7-12/h8-9,13-14H,3-7H2,1-2H3. The molecular formula is C10H20N2O3. The molecule has 0 spiro atoms. The van der Waals surface area contributed by atoms with Crippen LogP contribution in [0.25, 0.3) is 0 Å². The Morgan fingerprint density at radius 1 is 1.33 bits per heavy atom. The van der Waals surface area contributed by atoms with Crippen molar-refractivity contribution in [1.82, 2.24) is 9.80 Å². The summed E-state index contributed by atoms with van der Waals surface area (Å²) >= 11 is 0. The van der Waals surface area contributed by atoms with Gasteiger partial charge in [-0.1, -0.05) is 0 Å². The molecule has 0 aliphatic carbocycles. The smallest absolute Gasteiger partial charge is 0.222 e. The van der Waals surface area contributed by atoms with Crippen molar-refractivity contribution in [2.24, 2.45) is 0 Å². The van der Waals surface area contributed by atoms with Gasteiger partial charge in [-0.3, -0.25) is 9.69 Å². The fraction of sp³-hybridized carbons (Fsp3) is 0.900. The maximum Gasteiger partial charge on any atom is 0.222 e. The number of nitrogens with zero attached hydrogens (tertiary/aromatic N) is 2. The molecule has 2 unspecified atom stereocenters. The maximum atomic E-state index is 11.3. The van der Waals surface area contributed by atoms with Crippen LogP contribution >= 0.6 is 0 Å². The summed E-state index contributed by atoms with van der Waals surface area (Å²) in [5, 5.41) is 18.6. The molecule has 15 heavy (non-hydrogen) atoms. The molecule has 1 saturated heterocycles. The topological polar surface area (TPSA) is 64.0 Å². The van der Waals surface area contributed by atoms with E-state index in [4.69, 9.17) is 0 Å². The van der Waals surface area contributed by atoms with Crippen LogP contribution in [0.4, 0.5) is 0 Å². The summed E-state index contributed by atoms with van der Waals surface area (Å²) in [4.78, 5) is 14.8. The monoisotopic (exact) mass is 216 g/mol. The SMILES string of the molecule is CN(C)C(=O)CCCN1CC(O)C(O)C1. The van der Waals surface area contributed by atoms with Crippen molar-refractivity contribution in [2.75, 3.05) is 33.7 Å². The largest absolute Gasteiger partial charge is 0.389 e. The van der Waals surface area contributed by atoms with Gasteiger partial charge in [0.2, 0.25) is 5.91 Å². The van der Waals surface area contributed by atoms with Crippen molar-refractivity contribution in [3.8, 4) is 0 Å². The number of carbonyl (C=O) groups excluding carboxylic acids is 1. The predicted octanol–water partition coefficient (Wildman–Crippen LogP) is -1.11. The van der Waals surface area contributed by atoms with Gasteiger partial charge in [-0.15, -0.1) is 0 Å².